The molecule has 5 heteroatoms. The fourth-order valence-electron chi connectivity index (χ4n) is 2.83. The van der Waals surface area contributed by atoms with Crippen LogP contribution in [-0.2, 0) is 0 Å². The van der Waals surface area contributed by atoms with Crippen molar-refractivity contribution in [2.45, 2.75) is 6.42 Å². The maximum Gasteiger partial charge on any atom is 0.170 e. The van der Waals surface area contributed by atoms with Crippen LogP contribution in [0.4, 0.5) is 5.69 Å². The number of anilines is 1. The summed E-state index contributed by atoms with van der Waals surface area (Å²) in [5.74, 6) is -0.319. The van der Waals surface area contributed by atoms with Crippen LogP contribution < -0.4 is 4.90 Å². The van der Waals surface area contributed by atoms with Crippen LogP contribution >= 0.6 is 0 Å². The second kappa shape index (κ2) is 7.36. The third-order valence-electron chi connectivity index (χ3n) is 4.36. The van der Waals surface area contributed by atoms with E-state index in [9.17, 15) is 9.59 Å². The largest absolute Gasteiger partial charge is 0.369 e. The Morgan fingerprint density at radius 3 is 2.33 bits per heavy atom. The van der Waals surface area contributed by atoms with Gasteiger partial charge in [0.25, 0.3) is 0 Å². The van der Waals surface area contributed by atoms with Crippen LogP contribution in [0.3, 0.4) is 0 Å². The lowest BCUT2D eigenvalue weighted by Gasteiger charge is -2.34. The highest BCUT2D eigenvalue weighted by atomic mass is 16.1. The van der Waals surface area contributed by atoms with Gasteiger partial charge in [0, 0.05) is 55.4 Å². The Balaban J connectivity index is 1.69. The molecule has 0 amide bonds. The number of Topliss-reactive ketones (excluding diaryl/α,β-unsaturated/α-hetero) is 2. The monoisotopic (exact) mass is 323 g/mol. The molecule has 1 saturated heterocycles. The van der Waals surface area contributed by atoms with Gasteiger partial charge in [0.2, 0.25) is 0 Å². The molecular formula is C19H21N3O2. The average molecular weight is 323 g/mol. The zero-order valence-corrected chi connectivity index (χ0v) is 13.8. The summed E-state index contributed by atoms with van der Waals surface area (Å²) in [6.07, 6.45) is 3.01. The van der Waals surface area contributed by atoms with Gasteiger partial charge in [-0.3, -0.25) is 14.6 Å². The molecule has 2 heterocycles. The van der Waals surface area contributed by atoms with Crippen LogP contribution in [0.5, 0.6) is 0 Å². The summed E-state index contributed by atoms with van der Waals surface area (Å²) >= 11 is 0. The van der Waals surface area contributed by atoms with E-state index < -0.39 is 0 Å². The molecule has 0 unspecified atom stereocenters. The first-order valence-electron chi connectivity index (χ1n) is 8.13. The number of ketones is 2. The molecule has 0 atom stereocenters. The highest BCUT2D eigenvalue weighted by molar-refractivity contribution is 6.13. The molecule has 0 radical (unpaired) electrons. The van der Waals surface area contributed by atoms with Gasteiger partial charge >= 0.3 is 0 Å². The van der Waals surface area contributed by atoms with Gasteiger partial charge in [-0.2, -0.15) is 0 Å². The van der Waals surface area contributed by atoms with Gasteiger partial charge in [-0.25, -0.2) is 0 Å². The van der Waals surface area contributed by atoms with Gasteiger partial charge in [-0.05, 0) is 31.3 Å². The molecule has 0 N–H and O–H groups in total. The number of carbonyl (C=O) groups excluding carboxylic acids is 2. The first kappa shape index (κ1) is 16.3. The van der Waals surface area contributed by atoms with Crippen molar-refractivity contribution >= 4 is 17.3 Å². The van der Waals surface area contributed by atoms with Crippen molar-refractivity contribution in [2.75, 3.05) is 38.1 Å². The number of hydrogen-bond donors (Lipinski definition) is 0. The lowest BCUT2D eigenvalue weighted by atomic mass is 10.0. The number of likely N-dealkylation sites (N-methyl/N-ethyl adjacent to an activating group) is 1. The molecule has 0 bridgehead atoms. The minimum atomic E-state index is -0.174. The fraction of sp³-hybridized carbons (Fsp3) is 0.316. The maximum absolute atomic E-state index is 12.5. The van der Waals surface area contributed by atoms with Crippen LogP contribution in [0.2, 0.25) is 0 Å². The number of rotatable bonds is 5. The van der Waals surface area contributed by atoms with Gasteiger partial charge < -0.3 is 9.80 Å². The standard InChI is InChI=1S/C19H21N3O2/c1-21-9-11-22(12-10-21)17-4-2-3-16(13-17)19(24)14-18(23)15-5-7-20-8-6-15/h2-8,13H,9-12,14H2,1H3. The highest BCUT2D eigenvalue weighted by Gasteiger charge is 2.17. The molecular weight excluding hydrogens is 302 g/mol. The lowest BCUT2D eigenvalue weighted by molar-refractivity contribution is 0.0894. The minimum Gasteiger partial charge on any atom is -0.369 e. The lowest BCUT2D eigenvalue weighted by Crippen LogP contribution is -2.44. The number of aromatic nitrogens is 1. The maximum atomic E-state index is 12.5. The Hall–Kier alpha value is -2.53. The fourth-order valence-corrected chi connectivity index (χ4v) is 2.83. The van der Waals surface area contributed by atoms with E-state index in [0.717, 1.165) is 31.9 Å². The summed E-state index contributed by atoms with van der Waals surface area (Å²) in [6.45, 7) is 3.92. The Morgan fingerprint density at radius 1 is 0.958 bits per heavy atom. The molecule has 124 valence electrons. The second-order valence-corrected chi connectivity index (χ2v) is 6.10. The molecule has 2 aromatic rings. The Labute approximate surface area is 141 Å². The van der Waals surface area contributed by atoms with Crippen molar-refractivity contribution < 1.29 is 9.59 Å². The average Bonchev–Trinajstić information content (AvgIpc) is 2.63. The number of pyridine rings is 1. The molecule has 1 aliphatic heterocycles. The van der Waals surface area contributed by atoms with Crippen molar-refractivity contribution in [1.82, 2.24) is 9.88 Å². The van der Waals surface area contributed by atoms with Gasteiger partial charge in [0.15, 0.2) is 11.6 Å². The molecule has 5 nitrogen and oxygen atoms in total. The summed E-state index contributed by atoms with van der Waals surface area (Å²) in [4.78, 5) is 33.1. The van der Waals surface area contributed by atoms with E-state index >= 15 is 0 Å². The zero-order chi connectivity index (χ0) is 16.9. The first-order chi connectivity index (χ1) is 11.6. The molecule has 3 rings (SSSR count). The predicted octanol–water partition coefficient (Wildman–Crippen LogP) is 2.29. The Morgan fingerprint density at radius 2 is 1.62 bits per heavy atom. The van der Waals surface area contributed by atoms with Crippen molar-refractivity contribution in [3.8, 4) is 0 Å². The van der Waals surface area contributed by atoms with Crippen molar-refractivity contribution in [1.29, 1.82) is 0 Å². The van der Waals surface area contributed by atoms with E-state index in [0.29, 0.717) is 11.1 Å². The zero-order valence-electron chi connectivity index (χ0n) is 13.8. The van der Waals surface area contributed by atoms with Crippen molar-refractivity contribution in [2.24, 2.45) is 0 Å². The summed E-state index contributed by atoms with van der Waals surface area (Å²) in [5, 5.41) is 0. The predicted molar refractivity (Wildman–Crippen MR) is 93.7 cm³/mol. The Kier molecular flexibility index (Phi) is 5.01. The molecule has 1 aromatic carbocycles. The molecule has 0 saturated carbocycles. The highest BCUT2D eigenvalue weighted by Crippen LogP contribution is 2.19. The van der Waals surface area contributed by atoms with Gasteiger partial charge in [0.05, 0.1) is 6.42 Å². The normalized spacial score (nSPS) is 15.3. The Bertz CT molecular complexity index is 722. The molecule has 0 spiro atoms. The van der Waals surface area contributed by atoms with Crippen LogP contribution in [0.25, 0.3) is 0 Å². The van der Waals surface area contributed by atoms with Gasteiger partial charge in [-0.15, -0.1) is 0 Å². The van der Waals surface area contributed by atoms with Crippen molar-refractivity contribution in [3.05, 3.63) is 59.9 Å². The van der Waals surface area contributed by atoms with E-state index in [1.54, 1.807) is 30.6 Å². The van der Waals surface area contributed by atoms with Crippen LogP contribution in [0.1, 0.15) is 27.1 Å². The summed E-state index contributed by atoms with van der Waals surface area (Å²) in [7, 11) is 2.11. The molecule has 24 heavy (non-hydrogen) atoms. The van der Waals surface area contributed by atoms with Crippen LogP contribution in [0, 0.1) is 0 Å². The minimum absolute atomic E-state index is 0.115. The first-order valence-corrected chi connectivity index (χ1v) is 8.13. The third kappa shape index (κ3) is 3.86. The number of carbonyl (C=O) groups is 2. The van der Waals surface area contributed by atoms with E-state index in [1.807, 2.05) is 18.2 Å². The molecule has 1 fully saturated rings. The van der Waals surface area contributed by atoms with Gasteiger partial charge in [0.1, 0.15) is 0 Å². The van der Waals surface area contributed by atoms with E-state index in [2.05, 4.69) is 21.8 Å². The third-order valence-corrected chi connectivity index (χ3v) is 4.36. The molecule has 1 aliphatic rings. The SMILES string of the molecule is CN1CCN(c2cccc(C(=O)CC(=O)c3ccncc3)c2)CC1. The van der Waals surface area contributed by atoms with Crippen LogP contribution in [-0.4, -0.2) is 54.7 Å². The molecule has 1 aromatic heterocycles. The van der Waals surface area contributed by atoms with E-state index in [4.69, 9.17) is 0 Å². The summed E-state index contributed by atoms with van der Waals surface area (Å²) in [6, 6.07) is 10.9. The van der Waals surface area contributed by atoms with Crippen LogP contribution in [0.15, 0.2) is 48.8 Å². The topological polar surface area (TPSA) is 53.5 Å². The van der Waals surface area contributed by atoms with Crippen molar-refractivity contribution in [3.63, 3.8) is 0 Å². The number of benzene rings is 1. The number of nitrogens with zero attached hydrogens (tertiary/aromatic N) is 3. The molecule has 0 aliphatic carbocycles. The van der Waals surface area contributed by atoms with E-state index in [1.165, 1.54) is 0 Å². The summed E-state index contributed by atoms with van der Waals surface area (Å²) < 4.78 is 0. The number of hydrogen-bond acceptors (Lipinski definition) is 5. The van der Waals surface area contributed by atoms with Gasteiger partial charge in [-0.1, -0.05) is 12.1 Å². The van der Waals surface area contributed by atoms with E-state index in [-0.39, 0.29) is 18.0 Å². The summed E-state index contributed by atoms with van der Waals surface area (Å²) in [5.41, 5.74) is 2.16. The second-order valence-electron chi connectivity index (χ2n) is 6.10. The quantitative estimate of drug-likeness (QED) is 0.624. The number of piperazine rings is 1. The smallest absolute Gasteiger partial charge is 0.170 e.